The lowest BCUT2D eigenvalue weighted by atomic mass is 10.2. The van der Waals surface area contributed by atoms with Crippen LogP contribution in [0.25, 0.3) is 0 Å². The van der Waals surface area contributed by atoms with E-state index in [0.29, 0.717) is 0 Å². The number of hydrogen-bond acceptors (Lipinski definition) is 2. The summed E-state index contributed by atoms with van der Waals surface area (Å²) >= 11 is 0. The van der Waals surface area contributed by atoms with Crippen LogP contribution in [-0.4, -0.2) is 55.1 Å². The summed E-state index contributed by atoms with van der Waals surface area (Å²) in [5.74, 6) is 0. The first-order valence-electron chi connectivity index (χ1n) is 4.01. The first kappa shape index (κ1) is 8.45. The van der Waals surface area contributed by atoms with Crippen LogP contribution in [-0.2, 0) is 0 Å². The molecular weight excluding hydrogens is 156 g/mol. The van der Waals surface area contributed by atoms with Crippen molar-refractivity contribution >= 4 is 20.8 Å². The van der Waals surface area contributed by atoms with E-state index in [-0.39, 0.29) is 0 Å². The van der Waals surface area contributed by atoms with Gasteiger partial charge in [-0.1, -0.05) is 0 Å². The Balaban J connectivity index is 2.49. The Hall–Kier alpha value is 0.354. The number of hydrogen-bond donors (Lipinski definition) is 0. The fraction of sp³-hybridized carbons (Fsp3) is 1.00. The van der Waals surface area contributed by atoms with Crippen LogP contribution in [0.4, 0.5) is 0 Å². The predicted molar refractivity (Wildman–Crippen MR) is 52.2 cm³/mol. The van der Waals surface area contributed by atoms with E-state index >= 15 is 0 Å². The molecule has 1 aliphatic heterocycles. The van der Waals surface area contributed by atoms with Crippen LogP contribution in [0.15, 0.2) is 0 Å². The van der Waals surface area contributed by atoms with Gasteiger partial charge in [0.25, 0.3) is 0 Å². The molecule has 0 saturated carbocycles. The topological polar surface area (TPSA) is 6.48 Å². The van der Waals surface area contributed by atoms with Crippen molar-refractivity contribution in [3.8, 4) is 0 Å². The molecular formula is C6H18N2Si2. The molecule has 1 aliphatic rings. The Morgan fingerprint density at radius 1 is 1.10 bits per heavy atom. The molecule has 0 amide bonds. The van der Waals surface area contributed by atoms with Crippen molar-refractivity contribution in [3.05, 3.63) is 0 Å². The van der Waals surface area contributed by atoms with Crippen molar-refractivity contribution in [2.75, 3.05) is 13.1 Å². The number of rotatable bonds is 0. The zero-order chi connectivity index (χ0) is 7.72. The maximum Gasteiger partial charge on any atom is 0.0792 e. The van der Waals surface area contributed by atoms with Crippen molar-refractivity contribution < 1.29 is 0 Å². The summed E-state index contributed by atoms with van der Waals surface area (Å²) < 4.78 is 5.16. The average molecular weight is 174 g/mol. The molecule has 4 heteroatoms. The summed E-state index contributed by atoms with van der Waals surface area (Å²) in [5, 5.41) is 0. The Bertz CT molecular complexity index is 108. The van der Waals surface area contributed by atoms with E-state index < -0.39 is 0 Å². The van der Waals surface area contributed by atoms with Gasteiger partial charge in [-0.05, 0) is 13.8 Å². The standard InChI is InChI=1S/C6H18N2Si2/c1-5-3-7(9)4-6(2)8(5)10/h5-6H,3-4H2,1-2,9-10H3/t5-,6+. The fourth-order valence-electron chi connectivity index (χ4n) is 1.67. The van der Waals surface area contributed by atoms with Gasteiger partial charge in [0.05, 0.1) is 20.8 Å². The molecule has 1 saturated heterocycles. The van der Waals surface area contributed by atoms with E-state index in [4.69, 9.17) is 0 Å². The van der Waals surface area contributed by atoms with E-state index in [0.717, 1.165) is 12.1 Å². The molecule has 0 unspecified atom stereocenters. The fourth-order valence-corrected chi connectivity index (χ4v) is 3.05. The minimum atomic E-state index is 0.813. The van der Waals surface area contributed by atoms with E-state index in [2.05, 4.69) is 23.0 Å². The SMILES string of the molecule is C[C@@H]1CN([SiH3])C[C@H](C)N1[SiH3]. The smallest absolute Gasteiger partial charge is 0.0792 e. The first-order chi connectivity index (χ1) is 4.61. The van der Waals surface area contributed by atoms with E-state index in [1.54, 1.807) is 0 Å². The summed E-state index contributed by atoms with van der Waals surface area (Å²) in [6.07, 6.45) is 0. The summed E-state index contributed by atoms with van der Waals surface area (Å²) in [4.78, 5) is 0. The van der Waals surface area contributed by atoms with Crippen LogP contribution in [0.2, 0.25) is 0 Å². The van der Waals surface area contributed by atoms with Gasteiger partial charge >= 0.3 is 0 Å². The van der Waals surface area contributed by atoms with E-state index in [1.807, 2.05) is 0 Å². The summed E-state index contributed by atoms with van der Waals surface area (Å²) in [5.41, 5.74) is 0. The van der Waals surface area contributed by atoms with Crippen LogP contribution in [0.3, 0.4) is 0 Å². The van der Waals surface area contributed by atoms with Gasteiger partial charge in [0.1, 0.15) is 0 Å². The third-order valence-electron chi connectivity index (χ3n) is 2.54. The highest BCUT2D eigenvalue weighted by Crippen LogP contribution is 2.09. The minimum absolute atomic E-state index is 0.813. The molecule has 2 nitrogen and oxygen atoms in total. The minimum Gasteiger partial charge on any atom is -0.329 e. The molecule has 10 heavy (non-hydrogen) atoms. The highest BCUT2D eigenvalue weighted by molar-refractivity contribution is 6.06. The van der Waals surface area contributed by atoms with Gasteiger partial charge in [0.2, 0.25) is 0 Å². The number of nitrogens with zero attached hydrogens (tertiary/aromatic N) is 2. The first-order valence-corrected chi connectivity index (χ1v) is 5.80. The summed E-state index contributed by atoms with van der Waals surface area (Å²) in [6, 6.07) is 1.63. The quantitative estimate of drug-likeness (QED) is 0.390. The second-order valence-electron chi connectivity index (χ2n) is 3.58. The second-order valence-corrected chi connectivity index (χ2v) is 5.88. The molecule has 1 rings (SSSR count). The molecule has 0 aliphatic carbocycles. The third-order valence-corrected chi connectivity index (χ3v) is 5.04. The molecule has 0 spiro atoms. The van der Waals surface area contributed by atoms with Crippen LogP contribution in [0.5, 0.6) is 0 Å². The van der Waals surface area contributed by atoms with Crippen molar-refractivity contribution in [2.24, 2.45) is 0 Å². The van der Waals surface area contributed by atoms with Crippen LogP contribution in [0, 0.1) is 0 Å². The monoisotopic (exact) mass is 174 g/mol. The van der Waals surface area contributed by atoms with Crippen molar-refractivity contribution in [1.29, 1.82) is 0 Å². The van der Waals surface area contributed by atoms with Gasteiger partial charge in [-0.3, -0.25) is 0 Å². The molecule has 0 radical (unpaired) electrons. The molecule has 0 aromatic carbocycles. The Morgan fingerprint density at radius 3 is 1.90 bits per heavy atom. The van der Waals surface area contributed by atoms with E-state index in [1.165, 1.54) is 33.9 Å². The van der Waals surface area contributed by atoms with Gasteiger partial charge in [-0.15, -0.1) is 0 Å². The zero-order valence-corrected chi connectivity index (χ0v) is 11.5. The molecule has 2 atom stereocenters. The summed E-state index contributed by atoms with van der Waals surface area (Å²) in [6.45, 7) is 7.29. The van der Waals surface area contributed by atoms with Crippen molar-refractivity contribution in [3.63, 3.8) is 0 Å². The van der Waals surface area contributed by atoms with Crippen LogP contribution >= 0.6 is 0 Å². The highest BCUT2D eigenvalue weighted by atomic mass is 28.2. The molecule has 0 N–H and O–H groups in total. The van der Waals surface area contributed by atoms with Crippen molar-refractivity contribution in [1.82, 2.24) is 9.13 Å². The van der Waals surface area contributed by atoms with E-state index in [9.17, 15) is 0 Å². The third kappa shape index (κ3) is 1.69. The predicted octanol–water partition coefficient (Wildman–Crippen LogP) is -2.06. The normalized spacial score (nSPS) is 39.0. The lowest BCUT2D eigenvalue weighted by Gasteiger charge is -2.41. The van der Waals surface area contributed by atoms with Gasteiger partial charge in [-0.2, -0.15) is 0 Å². The van der Waals surface area contributed by atoms with Crippen LogP contribution in [0.1, 0.15) is 13.8 Å². The Morgan fingerprint density at radius 2 is 1.50 bits per heavy atom. The molecule has 1 heterocycles. The Kier molecular flexibility index (Phi) is 2.68. The van der Waals surface area contributed by atoms with Gasteiger partial charge in [0, 0.05) is 25.2 Å². The lowest BCUT2D eigenvalue weighted by molar-refractivity contribution is 0.166. The van der Waals surface area contributed by atoms with Crippen molar-refractivity contribution in [2.45, 2.75) is 25.9 Å². The average Bonchev–Trinajstić information content (AvgIpc) is 1.82. The van der Waals surface area contributed by atoms with Gasteiger partial charge in [0.15, 0.2) is 0 Å². The van der Waals surface area contributed by atoms with Crippen LogP contribution < -0.4 is 0 Å². The largest absolute Gasteiger partial charge is 0.329 e. The highest BCUT2D eigenvalue weighted by Gasteiger charge is 2.22. The number of piperazine rings is 1. The maximum atomic E-state index is 2.61. The second kappa shape index (κ2) is 3.17. The van der Waals surface area contributed by atoms with Gasteiger partial charge < -0.3 is 9.13 Å². The Labute approximate surface area is 69.6 Å². The van der Waals surface area contributed by atoms with Gasteiger partial charge in [-0.25, -0.2) is 0 Å². The molecule has 1 fully saturated rings. The summed E-state index contributed by atoms with van der Waals surface area (Å²) in [7, 11) is 2.47. The lowest BCUT2D eigenvalue weighted by Crippen LogP contribution is -2.54. The maximum absolute atomic E-state index is 2.61. The molecule has 0 aromatic rings. The molecule has 60 valence electrons. The molecule has 0 aromatic heterocycles. The molecule has 0 bridgehead atoms. The zero-order valence-electron chi connectivity index (χ0n) is 7.46.